The minimum Gasteiger partial charge on any atom is -0.370 e. The second-order valence-electron chi connectivity index (χ2n) is 5.43. The molecule has 27 heavy (non-hydrogen) atoms. The molecular weight excluding hydrogens is 492 g/mol. The zero-order chi connectivity index (χ0) is 19.0. The van der Waals surface area contributed by atoms with Crippen LogP contribution < -0.4 is 16.0 Å². The number of guanidine groups is 1. The van der Waals surface area contributed by atoms with E-state index in [0.717, 1.165) is 28.6 Å². The van der Waals surface area contributed by atoms with Gasteiger partial charge in [0.05, 0.1) is 12.1 Å². The van der Waals surface area contributed by atoms with Gasteiger partial charge in [-0.05, 0) is 25.5 Å². The molecule has 2 aromatic heterocycles. The van der Waals surface area contributed by atoms with Crippen molar-refractivity contribution >= 4 is 47.1 Å². The number of aliphatic imine (C=N–C) groups is 1. The molecule has 0 saturated carbocycles. The van der Waals surface area contributed by atoms with Gasteiger partial charge in [0.1, 0.15) is 10.8 Å². The third kappa shape index (κ3) is 8.28. The van der Waals surface area contributed by atoms with Crippen LogP contribution in [-0.4, -0.2) is 36.1 Å². The number of halogens is 4. The van der Waals surface area contributed by atoms with E-state index < -0.39 is 11.7 Å². The maximum absolute atomic E-state index is 12.5. The van der Waals surface area contributed by atoms with Crippen LogP contribution >= 0.6 is 35.3 Å². The van der Waals surface area contributed by atoms with Crippen LogP contribution in [0.15, 0.2) is 29.5 Å². The minimum absolute atomic E-state index is 0. The summed E-state index contributed by atoms with van der Waals surface area (Å²) in [5.74, 6) is 1.09. The number of aryl methyl sites for hydroxylation is 1. The van der Waals surface area contributed by atoms with Crippen molar-refractivity contribution in [3.05, 3.63) is 40.0 Å². The summed E-state index contributed by atoms with van der Waals surface area (Å²) in [6, 6.07) is 2.34. The molecule has 3 N–H and O–H groups in total. The summed E-state index contributed by atoms with van der Waals surface area (Å²) in [5, 5.41) is 10.3. The number of rotatable bonds is 7. The van der Waals surface area contributed by atoms with Gasteiger partial charge in [0, 0.05) is 37.4 Å². The quantitative estimate of drug-likeness (QED) is 0.228. The van der Waals surface area contributed by atoms with Gasteiger partial charge < -0.3 is 16.0 Å². The van der Waals surface area contributed by atoms with E-state index in [1.54, 1.807) is 18.4 Å². The summed E-state index contributed by atoms with van der Waals surface area (Å²) in [7, 11) is 1.69. The van der Waals surface area contributed by atoms with Crippen LogP contribution in [0.25, 0.3) is 0 Å². The zero-order valence-corrected chi connectivity index (χ0v) is 18.1. The number of nitrogens with zero attached hydrogens (tertiary/aromatic N) is 3. The molecule has 0 fully saturated rings. The van der Waals surface area contributed by atoms with Crippen molar-refractivity contribution in [2.75, 3.05) is 25.5 Å². The molecule has 0 spiro atoms. The molecule has 6 nitrogen and oxygen atoms in total. The van der Waals surface area contributed by atoms with Crippen LogP contribution in [0.5, 0.6) is 0 Å². The van der Waals surface area contributed by atoms with E-state index in [1.807, 2.05) is 13.1 Å². The van der Waals surface area contributed by atoms with Gasteiger partial charge in [0.15, 0.2) is 5.96 Å². The van der Waals surface area contributed by atoms with Crippen LogP contribution in [0, 0.1) is 6.92 Å². The highest BCUT2D eigenvalue weighted by atomic mass is 127. The van der Waals surface area contributed by atoms with Crippen molar-refractivity contribution in [2.24, 2.45) is 4.99 Å². The van der Waals surface area contributed by atoms with Gasteiger partial charge in [0.25, 0.3) is 0 Å². The van der Waals surface area contributed by atoms with Gasteiger partial charge in [-0.3, -0.25) is 4.99 Å². The predicted octanol–water partition coefficient (Wildman–Crippen LogP) is 3.65. The fourth-order valence-electron chi connectivity index (χ4n) is 2.04. The number of hydrogen-bond acceptors (Lipinski definition) is 5. The standard InChI is InChI=1S/C16H21F3N6S.HI/c1-11-8-24-14(26-11)10-25-15(20-2)22-7-3-6-21-13-5-4-12(9-23-13)16(17,18)19;/h4-5,8-9H,3,6-7,10H2,1-2H3,(H,21,23)(H2,20,22,25);1H. The highest BCUT2D eigenvalue weighted by Gasteiger charge is 2.30. The van der Waals surface area contributed by atoms with Crippen LogP contribution in [0.2, 0.25) is 0 Å². The third-order valence-electron chi connectivity index (χ3n) is 3.34. The maximum atomic E-state index is 12.5. The average molecular weight is 514 g/mol. The molecule has 2 aromatic rings. The lowest BCUT2D eigenvalue weighted by Gasteiger charge is -2.11. The molecule has 0 aromatic carbocycles. The van der Waals surface area contributed by atoms with E-state index in [2.05, 4.69) is 30.9 Å². The summed E-state index contributed by atoms with van der Waals surface area (Å²) >= 11 is 1.63. The number of anilines is 1. The van der Waals surface area contributed by atoms with Gasteiger partial charge in [-0.2, -0.15) is 13.2 Å². The second kappa shape index (κ2) is 11.3. The summed E-state index contributed by atoms with van der Waals surface area (Å²) in [6.07, 6.45) is -0.957. The first-order chi connectivity index (χ1) is 12.4. The monoisotopic (exact) mass is 514 g/mol. The van der Waals surface area contributed by atoms with Crippen LogP contribution in [0.4, 0.5) is 19.0 Å². The lowest BCUT2D eigenvalue weighted by atomic mass is 10.3. The highest BCUT2D eigenvalue weighted by Crippen LogP contribution is 2.28. The highest BCUT2D eigenvalue weighted by molar-refractivity contribution is 14.0. The summed E-state index contributed by atoms with van der Waals surface area (Å²) < 4.78 is 37.4. The SMILES string of the molecule is CN=C(NCCCNc1ccc(C(F)(F)F)cn1)NCc1ncc(C)s1.I. The Labute approximate surface area is 177 Å². The first-order valence-electron chi connectivity index (χ1n) is 8.01. The van der Waals surface area contributed by atoms with Crippen LogP contribution in [-0.2, 0) is 12.7 Å². The van der Waals surface area contributed by atoms with E-state index in [9.17, 15) is 13.2 Å². The second-order valence-corrected chi connectivity index (χ2v) is 6.75. The van der Waals surface area contributed by atoms with Gasteiger partial charge >= 0.3 is 6.18 Å². The van der Waals surface area contributed by atoms with Crippen molar-refractivity contribution in [1.29, 1.82) is 0 Å². The third-order valence-corrected chi connectivity index (χ3v) is 4.26. The largest absolute Gasteiger partial charge is 0.417 e. The van der Waals surface area contributed by atoms with E-state index >= 15 is 0 Å². The van der Waals surface area contributed by atoms with Crippen LogP contribution in [0.3, 0.4) is 0 Å². The van der Waals surface area contributed by atoms with E-state index in [4.69, 9.17) is 0 Å². The minimum atomic E-state index is -4.37. The Bertz CT molecular complexity index is 718. The normalized spacial score (nSPS) is 11.7. The molecular formula is C16H22F3IN6S. The smallest absolute Gasteiger partial charge is 0.370 e. The Kier molecular flexibility index (Phi) is 9.77. The van der Waals surface area contributed by atoms with Crippen molar-refractivity contribution < 1.29 is 13.2 Å². The summed E-state index contributed by atoms with van der Waals surface area (Å²) in [4.78, 5) is 13.3. The fraction of sp³-hybridized carbons (Fsp3) is 0.438. The number of pyridine rings is 1. The molecule has 0 unspecified atom stereocenters. The number of nitrogens with one attached hydrogen (secondary N) is 3. The number of thiazole rings is 1. The van der Waals surface area contributed by atoms with Gasteiger partial charge in [0.2, 0.25) is 0 Å². The number of hydrogen-bond donors (Lipinski definition) is 3. The maximum Gasteiger partial charge on any atom is 0.417 e. The molecule has 2 rings (SSSR count). The Morgan fingerprint density at radius 1 is 1.15 bits per heavy atom. The molecule has 0 amide bonds. The Morgan fingerprint density at radius 2 is 1.93 bits per heavy atom. The molecule has 0 saturated heterocycles. The van der Waals surface area contributed by atoms with Crippen molar-refractivity contribution in [3.8, 4) is 0 Å². The Hall–Kier alpha value is -1.63. The molecule has 0 atom stereocenters. The van der Waals surface area contributed by atoms with Gasteiger partial charge in [-0.1, -0.05) is 0 Å². The molecule has 0 aliphatic heterocycles. The molecule has 11 heteroatoms. The summed E-state index contributed by atoms with van der Waals surface area (Å²) in [6.45, 7) is 3.84. The van der Waals surface area contributed by atoms with Gasteiger partial charge in [-0.15, -0.1) is 35.3 Å². The topological polar surface area (TPSA) is 74.2 Å². The molecule has 0 bridgehead atoms. The molecule has 0 aliphatic carbocycles. The fourth-order valence-corrected chi connectivity index (χ4v) is 2.77. The first-order valence-corrected chi connectivity index (χ1v) is 8.83. The molecule has 2 heterocycles. The number of alkyl halides is 3. The first kappa shape index (κ1) is 23.4. The van der Waals surface area contributed by atoms with Crippen molar-refractivity contribution in [2.45, 2.75) is 26.1 Å². The van der Waals surface area contributed by atoms with Crippen LogP contribution in [0.1, 0.15) is 21.9 Å². The van der Waals surface area contributed by atoms with Gasteiger partial charge in [-0.25, -0.2) is 9.97 Å². The number of aromatic nitrogens is 2. The van der Waals surface area contributed by atoms with E-state index in [-0.39, 0.29) is 24.0 Å². The van der Waals surface area contributed by atoms with Crippen molar-refractivity contribution in [1.82, 2.24) is 20.6 Å². The molecule has 0 radical (unpaired) electrons. The molecule has 150 valence electrons. The lowest BCUT2D eigenvalue weighted by Crippen LogP contribution is -2.37. The zero-order valence-electron chi connectivity index (χ0n) is 14.9. The molecule has 0 aliphatic rings. The van der Waals surface area contributed by atoms with E-state index in [1.165, 1.54) is 6.07 Å². The Balaban J connectivity index is 0.00000364. The Morgan fingerprint density at radius 3 is 2.48 bits per heavy atom. The van der Waals surface area contributed by atoms with E-state index in [0.29, 0.717) is 31.4 Å². The van der Waals surface area contributed by atoms with Crippen molar-refractivity contribution in [3.63, 3.8) is 0 Å². The predicted molar refractivity (Wildman–Crippen MR) is 113 cm³/mol. The summed E-state index contributed by atoms with van der Waals surface area (Å²) in [5.41, 5.74) is -0.755. The lowest BCUT2D eigenvalue weighted by molar-refractivity contribution is -0.137. The average Bonchev–Trinajstić information content (AvgIpc) is 3.02.